The summed E-state index contributed by atoms with van der Waals surface area (Å²) >= 11 is 0. The fourth-order valence-corrected chi connectivity index (χ4v) is 3.95. The lowest BCUT2D eigenvalue weighted by molar-refractivity contribution is 0.0995. The first-order valence-electron chi connectivity index (χ1n) is 11.1. The van der Waals surface area contributed by atoms with E-state index in [0.717, 1.165) is 42.6 Å². The molecule has 1 aliphatic rings. The molecule has 6 heteroatoms. The van der Waals surface area contributed by atoms with Crippen molar-refractivity contribution in [1.82, 2.24) is 14.8 Å². The van der Waals surface area contributed by atoms with Crippen LogP contribution in [0.25, 0.3) is 5.69 Å². The lowest BCUT2D eigenvalue weighted by Gasteiger charge is -2.08. The summed E-state index contributed by atoms with van der Waals surface area (Å²) in [6, 6.07) is 13.9. The van der Waals surface area contributed by atoms with E-state index < -0.39 is 5.91 Å². The predicted octanol–water partition coefficient (Wildman–Crippen LogP) is 4.02. The van der Waals surface area contributed by atoms with Crippen molar-refractivity contribution in [3.05, 3.63) is 112 Å². The molecule has 0 atom stereocenters. The molecule has 0 aliphatic heterocycles. The standard InChI is InChI=1S/C27H28N4O2/c1-2-24-17-26(27(28)33)30-31(24)25-10-8-21(9-11-25)14-19-4-3-5-20(7-6-19)15-22-12-13-29-23(16-22)18-32/h3-4,6-13,16-17,32H,2,5,14-15,18H2,1H3,(H2,28,33). The van der Waals surface area contributed by atoms with E-state index >= 15 is 0 Å². The first-order chi connectivity index (χ1) is 16.1. The number of hydrogen-bond acceptors (Lipinski definition) is 4. The number of aliphatic hydroxyl groups excluding tert-OH is 1. The van der Waals surface area contributed by atoms with Crippen LogP contribution in [-0.2, 0) is 25.9 Å². The Bertz CT molecular complexity index is 1230. The molecule has 0 unspecified atom stereocenters. The molecule has 4 rings (SSSR count). The molecule has 1 aromatic carbocycles. The van der Waals surface area contributed by atoms with Crippen molar-refractivity contribution in [1.29, 1.82) is 0 Å². The van der Waals surface area contributed by atoms with Gasteiger partial charge in [0.15, 0.2) is 5.69 Å². The van der Waals surface area contributed by atoms with Crippen LogP contribution in [0.5, 0.6) is 0 Å². The topological polar surface area (TPSA) is 94.0 Å². The van der Waals surface area contributed by atoms with E-state index in [1.165, 1.54) is 16.7 Å². The van der Waals surface area contributed by atoms with Gasteiger partial charge in [-0.25, -0.2) is 4.68 Å². The summed E-state index contributed by atoms with van der Waals surface area (Å²) in [4.78, 5) is 15.6. The zero-order valence-electron chi connectivity index (χ0n) is 18.7. The number of primary amides is 1. The second kappa shape index (κ2) is 10.2. The Morgan fingerprint density at radius 2 is 1.91 bits per heavy atom. The number of nitrogens with zero attached hydrogens (tertiary/aromatic N) is 3. The molecule has 33 heavy (non-hydrogen) atoms. The monoisotopic (exact) mass is 440 g/mol. The number of amides is 1. The summed E-state index contributed by atoms with van der Waals surface area (Å²) in [5, 5.41) is 13.7. The third-order valence-corrected chi connectivity index (χ3v) is 5.71. The fourth-order valence-electron chi connectivity index (χ4n) is 3.95. The van der Waals surface area contributed by atoms with E-state index in [1.807, 2.05) is 31.2 Å². The highest BCUT2D eigenvalue weighted by Gasteiger charge is 2.12. The smallest absolute Gasteiger partial charge is 0.269 e. The minimum absolute atomic E-state index is 0.0396. The molecular weight excluding hydrogens is 412 g/mol. The van der Waals surface area contributed by atoms with Gasteiger partial charge >= 0.3 is 0 Å². The Balaban J connectivity index is 1.46. The normalized spacial score (nSPS) is 13.4. The Labute approximate surface area is 193 Å². The quantitative estimate of drug-likeness (QED) is 0.553. The predicted molar refractivity (Wildman–Crippen MR) is 129 cm³/mol. The Morgan fingerprint density at radius 1 is 1.09 bits per heavy atom. The van der Waals surface area contributed by atoms with Crippen LogP contribution in [0.1, 0.15) is 46.3 Å². The molecule has 2 heterocycles. The summed E-state index contributed by atoms with van der Waals surface area (Å²) in [5.41, 5.74) is 13.2. The van der Waals surface area contributed by atoms with Gasteiger partial charge in [0.1, 0.15) is 0 Å². The minimum atomic E-state index is -0.516. The lowest BCUT2D eigenvalue weighted by Crippen LogP contribution is -2.12. The maximum absolute atomic E-state index is 11.5. The number of aryl methyl sites for hydroxylation is 1. The van der Waals surface area contributed by atoms with Gasteiger partial charge in [0.2, 0.25) is 0 Å². The van der Waals surface area contributed by atoms with Crippen LogP contribution in [0.2, 0.25) is 0 Å². The Kier molecular flexibility index (Phi) is 6.95. The summed E-state index contributed by atoms with van der Waals surface area (Å²) in [5.74, 6) is -0.516. The third kappa shape index (κ3) is 5.54. The maximum Gasteiger partial charge on any atom is 0.269 e. The van der Waals surface area contributed by atoms with Crippen molar-refractivity contribution in [3.63, 3.8) is 0 Å². The van der Waals surface area contributed by atoms with Gasteiger partial charge in [-0.1, -0.05) is 48.9 Å². The Hall–Kier alpha value is -3.77. The summed E-state index contributed by atoms with van der Waals surface area (Å²) in [7, 11) is 0. The molecule has 1 aliphatic carbocycles. The molecule has 0 saturated heterocycles. The van der Waals surface area contributed by atoms with Gasteiger partial charge in [-0.15, -0.1) is 0 Å². The zero-order valence-corrected chi connectivity index (χ0v) is 18.7. The second-order valence-corrected chi connectivity index (χ2v) is 8.16. The van der Waals surface area contributed by atoms with Gasteiger partial charge in [0, 0.05) is 11.9 Å². The maximum atomic E-state index is 11.5. The van der Waals surface area contributed by atoms with Gasteiger partial charge in [-0.2, -0.15) is 5.10 Å². The molecule has 0 saturated carbocycles. The van der Waals surface area contributed by atoms with E-state index in [9.17, 15) is 9.90 Å². The first-order valence-corrected chi connectivity index (χ1v) is 11.1. The summed E-state index contributed by atoms with van der Waals surface area (Å²) in [6.07, 6.45) is 13.9. The van der Waals surface area contributed by atoms with Crippen LogP contribution in [0.3, 0.4) is 0 Å². The highest BCUT2D eigenvalue weighted by molar-refractivity contribution is 5.90. The number of pyridine rings is 1. The minimum Gasteiger partial charge on any atom is -0.390 e. The van der Waals surface area contributed by atoms with Crippen LogP contribution in [0.4, 0.5) is 0 Å². The molecular formula is C27H28N4O2. The highest BCUT2D eigenvalue weighted by atomic mass is 16.3. The van der Waals surface area contributed by atoms with Crippen molar-refractivity contribution in [2.75, 3.05) is 0 Å². The molecule has 0 spiro atoms. The Morgan fingerprint density at radius 3 is 2.64 bits per heavy atom. The first kappa shape index (κ1) is 22.4. The van der Waals surface area contributed by atoms with E-state index in [-0.39, 0.29) is 12.3 Å². The molecule has 0 fully saturated rings. The van der Waals surface area contributed by atoms with Crippen molar-refractivity contribution < 1.29 is 9.90 Å². The van der Waals surface area contributed by atoms with Gasteiger partial charge in [-0.05, 0) is 72.7 Å². The average Bonchev–Trinajstić information content (AvgIpc) is 3.16. The van der Waals surface area contributed by atoms with Gasteiger partial charge in [0.25, 0.3) is 5.91 Å². The van der Waals surface area contributed by atoms with Crippen molar-refractivity contribution in [2.24, 2.45) is 5.73 Å². The number of carbonyl (C=O) groups excluding carboxylic acids is 1. The lowest BCUT2D eigenvalue weighted by atomic mass is 10.0. The zero-order chi connectivity index (χ0) is 23.2. The van der Waals surface area contributed by atoms with Crippen LogP contribution in [0.15, 0.2) is 84.1 Å². The molecule has 0 bridgehead atoms. The molecule has 0 radical (unpaired) electrons. The van der Waals surface area contributed by atoms with E-state index in [0.29, 0.717) is 5.69 Å². The van der Waals surface area contributed by atoms with Crippen LogP contribution in [0, 0.1) is 0 Å². The largest absolute Gasteiger partial charge is 0.390 e. The van der Waals surface area contributed by atoms with Crippen LogP contribution >= 0.6 is 0 Å². The number of benzene rings is 1. The molecule has 3 N–H and O–H groups in total. The van der Waals surface area contributed by atoms with Gasteiger partial charge < -0.3 is 10.8 Å². The number of nitrogens with two attached hydrogens (primary N) is 1. The number of allylic oxidation sites excluding steroid dienone is 6. The fraction of sp³-hybridized carbons (Fsp3) is 0.222. The number of rotatable bonds is 8. The van der Waals surface area contributed by atoms with Crippen molar-refractivity contribution in [2.45, 2.75) is 39.2 Å². The highest BCUT2D eigenvalue weighted by Crippen LogP contribution is 2.20. The number of carbonyl (C=O) groups is 1. The van der Waals surface area contributed by atoms with E-state index in [4.69, 9.17) is 5.73 Å². The van der Waals surface area contributed by atoms with Gasteiger partial charge in [-0.3, -0.25) is 9.78 Å². The molecule has 2 aromatic heterocycles. The summed E-state index contributed by atoms with van der Waals surface area (Å²) < 4.78 is 1.78. The van der Waals surface area contributed by atoms with Gasteiger partial charge in [0.05, 0.1) is 18.0 Å². The van der Waals surface area contributed by atoms with Crippen LogP contribution in [-0.4, -0.2) is 25.8 Å². The average molecular weight is 441 g/mol. The van der Waals surface area contributed by atoms with Crippen LogP contribution < -0.4 is 5.73 Å². The molecule has 168 valence electrons. The van der Waals surface area contributed by atoms with Crippen molar-refractivity contribution >= 4 is 5.91 Å². The van der Waals surface area contributed by atoms with Crippen molar-refractivity contribution in [3.8, 4) is 5.69 Å². The van der Waals surface area contributed by atoms with E-state index in [2.05, 4.69) is 46.5 Å². The third-order valence-electron chi connectivity index (χ3n) is 5.71. The van der Waals surface area contributed by atoms with E-state index in [1.54, 1.807) is 16.9 Å². The molecule has 1 amide bonds. The molecule has 6 nitrogen and oxygen atoms in total. The number of hydrogen-bond donors (Lipinski definition) is 2. The SMILES string of the molecule is CCc1cc(C(N)=O)nn1-c1ccc(CC2=CC=C(Cc3ccnc(CO)c3)CC=C2)cc1. The number of aliphatic hydroxyl groups is 1. The molecule has 3 aromatic rings. The summed E-state index contributed by atoms with van der Waals surface area (Å²) in [6.45, 7) is 1.99. The second-order valence-electron chi connectivity index (χ2n) is 8.16. The number of aromatic nitrogens is 3.